The fourth-order valence-electron chi connectivity index (χ4n) is 4.51. The van der Waals surface area contributed by atoms with Crippen LogP contribution >= 0.6 is 11.8 Å². The molecule has 1 aliphatic heterocycles. The van der Waals surface area contributed by atoms with Crippen molar-refractivity contribution in [3.63, 3.8) is 0 Å². The van der Waals surface area contributed by atoms with E-state index in [1.165, 1.54) is 30.1 Å². The molecule has 2 N–H and O–H groups in total. The summed E-state index contributed by atoms with van der Waals surface area (Å²) in [5.41, 5.74) is 7.03. The smallest absolute Gasteiger partial charge is 0.155 e. The van der Waals surface area contributed by atoms with Gasteiger partial charge < -0.3 is 5.73 Å². The van der Waals surface area contributed by atoms with Gasteiger partial charge in [0.05, 0.1) is 17.8 Å². The van der Waals surface area contributed by atoms with Crippen LogP contribution in [0.5, 0.6) is 0 Å². The first kappa shape index (κ1) is 22.1. The predicted octanol–water partition coefficient (Wildman–Crippen LogP) is 3.08. The number of nitrogens with two attached hydrogens (primary N) is 1. The predicted molar refractivity (Wildman–Crippen MR) is 124 cm³/mol. The normalized spacial score (nSPS) is 24.9. The number of pyridine rings is 1. The van der Waals surface area contributed by atoms with Gasteiger partial charge in [-0.25, -0.2) is 18.8 Å². The van der Waals surface area contributed by atoms with E-state index in [-0.39, 0.29) is 16.6 Å². The minimum absolute atomic E-state index is 0.138. The summed E-state index contributed by atoms with van der Waals surface area (Å²) < 4.78 is 31.2. The van der Waals surface area contributed by atoms with E-state index in [4.69, 9.17) is 11.0 Å². The molecule has 1 saturated carbocycles. The molecule has 2 aromatic heterocycles. The number of aromatic nitrogens is 4. The first-order valence-electron chi connectivity index (χ1n) is 10.5. The third-order valence-electron chi connectivity index (χ3n) is 6.17. The van der Waals surface area contributed by atoms with E-state index in [0.29, 0.717) is 29.8 Å². The fourth-order valence-corrected chi connectivity index (χ4v) is 5.92. The molecule has 34 heavy (non-hydrogen) atoms. The molecule has 10 heteroatoms. The van der Waals surface area contributed by atoms with Crippen LogP contribution in [-0.4, -0.2) is 36.6 Å². The monoisotopic (exact) mass is 475 g/mol. The Morgan fingerprint density at radius 1 is 1.26 bits per heavy atom. The number of alkyl halides is 1. The third-order valence-corrected chi connectivity index (χ3v) is 7.45. The zero-order valence-electron chi connectivity index (χ0n) is 18.2. The molecule has 3 atom stereocenters. The van der Waals surface area contributed by atoms with Gasteiger partial charge in [0.1, 0.15) is 29.8 Å². The van der Waals surface area contributed by atoms with Gasteiger partial charge in [-0.2, -0.15) is 5.26 Å². The van der Waals surface area contributed by atoms with Crippen molar-refractivity contribution in [3.8, 4) is 17.9 Å². The summed E-state index contributed by atoms with van der Waals surface area (Å²) in [4.78, 5) is 8.58. The lowest BCUT2D eigenvalue weighted by atomic mass is 9.84. The van der Waals surface area contributed by atoms with Crippen LogP contribution in [0.1, 0.15) is 34.5 Å². The summed E-state index contributed by atoms with van der Waals surface area (Å²) in [5, 5.41) is 17.2. The van der Waals surface area contributed by atoms with Crippen molar-refractivity contribution in [2.45, 2.75) is 30.2 Å². The number of aryl methyl sites for hydroxylation is 1. The van der Waals surface area contributed by atoms with Crippen molar-refractivity contribution in [1.82, 2.24) is 20.0 Å². The van der Waals surface area contributed by atoms with Gasteiger partial charge in [-0.1, -0.05) is 22.9 Å². The Bertz CT molecular complexity index is 1400. The Morgan fingerprint density at radius 2 is 2.09 bits per heavy atom. The number of halogens is 2. The molecule has 0 bridgehead atoms. The van der Waals surface area contributed by atoms with Gasteiger partial charge in [-0.05, 0) is 49.6 Å². The van der Waals surface area contributed by atoms with Gasteiger partial charge in [0.15, 0.2) is 5.17 Å². The fraction of sp³-hybridized carbons (Fsp3) is 0.292. The average molecular weight is 476 g/mol. The van der Waals surface area contributed by atoms with Gasteiger partial charge in [-0.15, -0.1) is 5.10 Å². The van der Waals surface area contributed by atoms with Crippen molar-refractivity contribution >= 4 is 16.9 Å². The van der Waals surface area contributed by atoms with E-state index in [9.17, 15) is 4.39 Å². The molecule has 0 amide bonds. The number of hydrogen-bond acceptors (Lipinski definition) is 7. The number of benzene rings is 1. The van der Waals surface area contributed by atoms with Gasteiger partial charge in [0, 0.05) is 34.2 Å². The van der Waals surface area contributed by atoms with E-state index in [2.05, 4.69) is 32.1 Å². The van der Waals surface area contributed by atoms with E-state index in [1.54, 1.807) is 22.9 Å². The van der Waals surface area contributed by atoms with Gasteiger partial charge in [0.25, 0.3) is 0 Å². The highest BCUT2D eigenvalue weighted by atomic mass is 32.2. The summed E-state index contributed by atoms with van der Waals surface area (Å²) in [5.74, 6) is 5.03. The molecule has 0 radical (unpaired) electrons. The Kier molecular flexibility index (Phi) is 5.34. The second kappa shape index (κ2) is 8.23. The number of thioether (sulfide) groups is 1. The average Bonchev–Trinajstić information content (AvgIpc) is 3.41. The molecule has 0 unspecified atom stereocenters. The largest absolute Gasteiger partial charge is 0.378 e. The Hall–Kier alpha value is -3.76. The van der Waals surface area contributed by atoms with Crippen LogP contribution in [0.25, 0.3) is 0 Å². The van der Waals surface area contributed by atoms with Crippen molar-refractivity contribution < 1.29 is 8.78 Å². The van der Waals surface area contributed by atoms with E-state index in [0.717, 1.165) is 5.69 Å². The molecule has 7 nitrogen and oxygen atoms in total. The van der Waals surface area contributed by atoms with Crippen molar-refractivity contribution in [2.24, 2.45) is 16.6 Å². The van der Waals surface area contributed by atoms with E-state index >= 15 is 4.39 Å². The number of amidine groups is 1. The van der Waals surface area contributed by atoms with Crippen LogP contribution in [-0.2, 0) is 12.1 Å². The van der Waals surface area contributed by atoms with Crippen molar-refractivity contribution in [2.75, 3.05) is 6.67 Å². The molecule has 0 spiro atoms. The highest BCUT2D eigenvalue weighted by molar-refractivity contribution is 8.15. The maximum Gasteiger partial charge on any atom is 0.155 e. The molecule has 3 heterocycles. The van der Waals surface area contributed by atoms with Crippen molar-refractivity contribution in [1.29, 1.82) is 5.26 Å². The summed E-state index contributed by atoms with van der Waals surface area (Å²) in [6, 6.07) is 9.60. The minimum atomic E-state index is -1.43. The highest BCUT2D eigenvalue weighted by Gasteiger charge is 2.68. The molecule has 3 aromatic rings. The zero-order chi connectivity index (χ0) is 23.9. The first-order valence-corrected chi connectivity index (χ1v) is 11.3. The minimum Gasteiger partial charge on any atom is -0.378 e. The Balaban J connectivity index is 1.50. The van der Waals surface area contributed by atoms with Crippen LogP contribution in [0.2, 0.25) is 0 Å². The number of hydrogen-bond donors (Lipinski definition) is 1. The topological polar surface area (TPSA) is 106 Å². The molecule has 2 aliphatic rings. The third kappa shape index (κ3) is 3.80. The zero-order valence-corrected chi connectivity index (χ0v) is 19.0. The molecule has 170 valence electrons. The van der Waals surface area contributed by atoms with E-state index < -0.39 is 22.8 Å². The number of nitriles is 1. The summed E-state index contributed by atoms with van der Waals surface area (Å²) in [6.45, 7) is 1.44. The molecule has 0 saturated heterocycles. The number of fused-ring (bicyclic) bond motifs is 1. The first-order chi connectivity index (χ1) is 16.4. The molecule has 5 rings (SSSR count). The van der Waals surface area contributed by atoms with Gasteiger partial charge in [-0.3, -0.25) is 4.68 Å². The molecular formula is C24H19F2N7S. The molecular weight excluding hydrogens is 456 g/mol. The van der Waals surface area contributed by atoms with Crippen LogP contribution in [0.3, 0.4) is 0 Å². The van der Waals surface area contributed by atoms with Gasteiger partial charge in [0.2, 0.25) is 0 Å². The molecule has 1 aromatic carbocycles. The maximum absolute atomic E-state index is 15.1. The number of nitrogens with zero attached hydrogens (tertiary/aromatic N) is 6. The lowest BCUT2D eigenvalue weighted by Gasteiger charge is -2.35. The molecule has 1 aliphatic carbocycles. The Morgan fingerprint density at radius 3 is 2.76 bits per heavy atom. The second-order valence-corrected chi connectivity index (χ2v) is 9.91. The lowest BCUT2D eigenvalue weighted by Crippen LogP contribution is -2.41. The van der Waals surface area contributed by atoms with Crippen LogP contribution in [0.4, 0.5) is 8.78 Å². The maximum atomic E-state index is 15.1. The SMILES string of the molecule is Cc1cn(C[C@]23C[C@H]2[C@@](CF)(c2cc(C#Cc4ccc(C#N)cn4)ccc2F)N=C(N)S3)nn1. The van der Waals surface area contributed by atoms with Gasteiger partial charge >= 0.3 is 0 Å². The number of rotatable bonds is 4. The van der Waals surface area contributed by atoms with Crippen LogP contribution in [0.15, 0.2) is 47.7 Å². The summed E-state index contributed by atoms with van der Waals surface area (Å²) >= 11 is 1.39. The van der Waals surface area contributed by atoms with Crippen LogP contribution in [0, 0.1) is 41.8 Å². The lowest BCUT2D eigenvalue weighted by molar-refractivity contribution is 0.259. The quantitative estimate of drug-likeness (QED) is 0.582. The molecule has 1 fully saturated rings. The summed E-state index contributed by atoms with van der Waals surface area (Å²) in [6.07, 6.45) is 3.87. The standard InChI is InChI=1S/C24H19F2N7S/c1-15-12-33(32-31-15)14-23-9-21(23)24(13-25,30-22(28)34-23)19-8-16(4-7-20(19)26)2-5-18-6-3-17(10-27)11-29-18/h3-4,6-8,11-12,21H,9,13-14H2,1H3,(H2,28,30)/t21-,23-,24-/m1/s1. The second-order valence-electron chi connectivity index (χ2n) is 8.48. The van der Waals surface area contributed by atoms with Crippen LogP contribution < -0.4 is 5.73 Å². The van der Waals surface area contributed by atoms with E-state index in [1.807, 2.05) is 19.2 Å². The summed E-state index contributed by atoms with van der Waals surface area (Å²) in [7, 11) is 0. The van der Waals surface area contributed by atoms with Crippen molar-refractivity contribution in [3.05, 3.63) is 76.6 Å². The number of aliphatic imine (C=N–C) groups is 1. The highest BCUT2D eigenvalue weighted by Crippen LogP contribution is 2.66. The Labute approximate surface area is 199 Å².